The molecule has 0 heterocycles. The summed E-state index contributed by atoms with van der Waals surface area (Å²) < 4.78 is 0. The summed E-state index contributed by atoms with van der Waals surface area (Å²) in [5, 5.41) is 10.7. The van der Waals surface area contributed by atoms with E-state index in [9.17, 15) is 14.9 Å². The van der Waals surface area contributed by atoms with Crippen molar-refractivity contribution in [2.45, 2.75) is 19.3 Å². The number of nitrogens with two attached hydrogens (primary N) is 1. The zero-order chi connectivity index (χ0) is 12.3. The van der Waals surface area contributed by atoms with Crippen LogP contribution in [0.3, 0.4) is 0 Å². The molecule has 0 aliphatic rings. The van der Waals surface area contributed by atoms with Crippen LogP contribution in [0.5, 0.6) is 0 Å². The first-order valence-electron chi connectivity index (χ1n) is 4.64. The third kappa shape index (κ3) is 2.93. The summed E-state index contributed by atoms with van der Waals surface area (Å²) in [6.45, 7) is 1.78. The Morgan fingerprint density at radius 1 is 1.62 bits per heavy atom. The Morgan fingerprint density at radius 2 is 2.25 bits per heavy atom. The molecule has 0 spiro atoms. The highest BCUT2D eigenvalue weighted by Gasteiger charge is 2.16. The van der Waals surface area contributed by atoms with Gasteiger partial charge in [-0.05, 0) is 17.5 Å². The van der Waals surface area contributed by atoms with E-state index in [-0.39, 0.29) is 23.0 Å². The predicted octanol–water partition coefficient (Wildman–Crippen LogP) is 2.23. The normalized spacial score (nSPS) is 12.1. The van der Waals surface area contributed by atoms with Gasteiger partial charge in [0, 0.05) is 12.5 Å². The molecular weight excluding hydrogens is 232 g/mol. The molecule has 0 saturated heterocycles. The Labute approximate surface area is 97.3 Å². The quantitative estimate of drug-likeness (QED) is 0.649. The van der Waals surface area contributed by atoms with Gasteiger partial charge in [0.15, 0.2) is 0 Å². The van der Waals surface area contributed by atoms with Crippen molar-refractivity contribution in [3.63, 3.8) is 0 Å². The van der Waals surface area contributed by atoms with E-state index >= 15 is 0 Å². The van der Waals surface area contributed by atoms with E-state index in [0.717, 1.165) is 0 Å². The van der Waals surface area contributed by atoms with Crippen LogP contribution in [-0.4, -0.2) is 10.8 Å². The Kier molecular flexibility index (Phi) is 3.84. The zero-order valence-corrected chi connectivity index (χ0v) is 9.40. The molecule has 0 aliphatic heterocycles. The van der Waals surface area contributed by atoms with Crippen LogP contribution in [0.1, 0.15) is 24.8 Å². The van der Waals surface area contributed by atoms with E-state index in [1.807, 2.05) is 0 Å². The molecule has 16 heavy (non-hydrogen) atoms. The third-order valence-electron chi connectivity index (χ3n) is 2.24. The highest BCUT2D eigenvalue weighted by atomic mass is 35.5. The molecule has 0 aliphatic carbocycles. The minimum Gasteiger partial charge on any atom is -0.370 e. The fourth-order valence-corrected chi connectivity index (χ4v) is 1.58. The maximum atomic E-state index is 10.7. The van der Waals surface area contributed by atoms with Gasteiger partial charge in [-0.15, -0.1) is 0 Å². The Morgan fingerprint density at radius 3 is 2.75 bits per heavy atom. The van der Waals surface area contributed by atoms with Gasteiger partial charge in [0.05, 0.1) is 4.92 Å². The molecule has 1 unspecified atom stereocenters. The van der Waals surface area contributed by atoms with E-state index in [1.54, 1.807) is 13.0 Å². The standard InChI is InChI=1S/C10H11ClN2O3/c1-6(4-10(12)14)7-2-3-8(11)9(5-7)13(15)16/h2-3,5-6H,4H2,1H3,(H2,12,14). The minimum absolute atomic E-state index is 0.0834. The monoisotopic (exact) mass is 242 g/mol. The first-order valence-corrected chi connectivity index (χ1v) is 5.01. The first-order chi connectivity index (χ1) is 7.41. The summed E-state index contributed by atoms with van der Waals surface area (Å²) in [5.41, 5.74) is 5.58. The summed E-state index contributed by atoms with van der Waals surface area (Å²) in [6.07, 6.45) is 0.152. The van der Waals surface area contributed by atoms with Gasteiger partial charge in [-0.25, -0.2) is 0 Å². The third-order valence-corrected chi connectivity index (χ3v) is 2.56. The largest absolute Gasteiger partial charge is 0.370 e. The number of amides is 1. The Bertz CT molecular complexity index is 434. The molecule has 1 aromatic rings. The van der Waals surface area contributed by atoms with Crippen molar-refractivity contribution < 1.29 is 9.72 Å². The van der Waals surface area contributed by atoms with Gasteiger partial charge >= 0.3 is 0 Å². The molecule has 1 rings (SSSR count). The SMILES string of the molecule is CC(CC(N)=O)c1ccc(Cl)c([N+](=O)[O-])c1. The highest BCUT2D eigenvalue weighted by Crippen LogP contribution is 2.29. The Balaban J connectivity index is 3.02. The lowest BCUT2D eigenvalue weighted by Gasteiger charge is -2.09. The van der Waals surface area contributed by atoms with Crippen molar-refractivity contribution in [1.82, 2.24) is 0 Å². The van der Waals surface area contributed by atoms with Gasteiger partial charge in [-0.2, -0.15) is 0 Å². The second-order valence-electron chi connectivity index (χ2n) is 3.54. The van der Waals surface area contributed by atoms with Crippen molar-refractivity contribution in [3.8, 4) is 0 Å². The van der Waals surface area contributed by atoms with Crippen LogP contribution in [0, 0.1) is 10.1 Å². The maximum Gasteiger partial charge on any atom is 0.288 e. The van der Waals surface area contributed by atoms with Crippen LogP contribution in [-0.2, 0) is 4.79 Å². The molecule has 0 fully saturated rings. The van der Waals surface area contributed by atoms with E-state index in [2.05, 4.69) is 0 Å². The summed E-state index contributed by atoms with van der Waals surface area (Å²) in [4.78, 5) is 20.8. The van der Waals surface area contributed by atoms with Crippen LogP contribution in [0.25, 0.3) is 0 Å². The van der Waals surface area contributed by atoms with Gasteiger partial charge in [-0.3, -0.25) is 14.9 Å². The molecule has 5 nitrogen and oxygen atoms in total. The van der Waals surface area contributed by atoms with Crippen LogP contribution in [0.4, 0.5) is 5.69 Å². The molecule has 0 aromatic heterocycles. The highest BCUT2D eigenvalue weighted by molar-refractivity contribution is 6.32. The number of halogens is 1. The first kappa shape index (κ1) is 12.4. The second-order valence-corrected chi connectivity index (χ2v) is 3.95. The van der Waals surface area contributed by atoms with Crippen LogP contribution in [0.2, 0.25) is 5.02 Å². The zero-order valence-electron chi connectivity index (χ0n) is 8.64. The van der Waals surface area contributed by atoms with Crippen LogP contribution >= 0.6 is 11.6 Å². The van der Waals surface area contributed by atoms with E-state index in [1.165, 1.54) is 12.1 Å². The number of hydrogen-bond donors (Lipinski definition) is 1. The molecule has 2 N–H and O–H groups in total. The number of benzene rings is 1. The van der Waals surface area contributed by atoms with Crippen LogP contribution in [0.15, 0.2) is 18.2 Å². The van der Waals surface area contributed by atoms with Crippen molar-refractivity contribution in [1.29, 1.82) is 0 Å². The molecule has 1 aromatic carbocycles. The lowest BCUT2D eigenvalue weighted by Crippen LogP contribution is -2.13. The van der Waals surface area contributed by atoms with E-state index < -0.39 is 10.8 Å². The molecule has 86 valence electrons. The summed E-state index contributed by atoms with van der Waals surface area (Å²) in [7, 11) is 0. The van der Waals surface area contributed by atoms with Gasteiger partial charge < -0.3 is 5.73 Å². The molecular formula is C10H11ClN2O3. The smallest absolute Gasteiger partial charge is 0.288 e. The lowest BCUT2D eigenvalue weighted by atomic mass is 9.97. The fraction of sp³-hybridized carbons (Fsp3) is 0.300. The molecule has 1 amide bonds. The number of nitro benzene ring substituents is 1. The summed E-state index contributed by atoms with van der Waals surface area (Å²) in [5.74, 6) is -0.599. The molecule has 6 heteroatoms. The fourth-order valence-electron chi connectivity index (χ4n) is 1.40. The summed E-state index contributed by atoms with van der Waals surface area (Å²) in [6, 6.07) is 4.48. The number of carbonyl (C=O) groups excluding carboxylic acids is 1. The molecule has 0 saturated carbocycles. The van der Waals surface area contributed by atoms with Crippen molar-refractivity contribution >= 4 is 23.2 Å². The lowest BCUT2D eigenvalue weighted by molar-refractivity contribution is -0.384. The van der Waals surface area contributed by atoms with Gasteiger partial charge in [0.25, 0.3) is 5.69 Å². The second kappa shape index (κ2) is 4.94. The van der Waals surface area contributed by atoms with Crippen LogP contribution < -0.4 is 5.73 Å². The molecule has 0 radical (unpaired) electrons. The minimum atomic E-state index is -0.553. The van der Waals surface area contributed by atoms with Gasteiger partial charge in [-0.1, -0.05) is 24.6 Å². The number of rotatable bonds is 4. The number of primary amides is 1. The average molecular weight is 243 g/mol. The molecule has 1 atom stereocenters. The number of nitrogens with zero attached hydrogens (tertiary/aromatic N) is 1. The van der Waals surface area contributed by atoms with Gasteiger partial charge in [0.1, 0.15) is 5.02 Å². The molecule has 0 bridgehead atoms. The summed E-state index contributed by atoms with van der Waals surface area (Å²) >= 11 is 5.67. The van der Waals surface area contributed by atoms with E-state index in [0.29, 0.717) is 5.56 Å². The van der Waals surface area contributed by atoms with Gasteiger partial charge in [0.2, 0.25) is 5.91 Å². The van der Waals surface area contributed by atoms with Crippen molar-refractivity contribution in [3.05, 3.63) is 38.9 Å². The topological polar surface area (TPSA) is 86.2 Å². The van der Waals surface area contributed by atoms with Crippen molar-refractivity contribution in [2.75, 3.05) is 0 Å². The number of hydrogen-bond acceptors (Lipinski definition) is 3. The maximum absolute atomic E-state index is 10.7. The van der Waals surface area contributed by atoms with Crippen molar-refractivity contribution in [2.24, 2.45) is 5.73 Å². The Hall–Kier alpha value is -1.62. The number of nitro groups is 1. The van der Waals surface area contributed by atoms with E-state index in [4.69, 9.17) is 17.3 Å². The average Bonchev–Trinajstić information content (AvgIpc) is 2.16. The predicted molar refractivity (Wildman–Crippen MR) is 60.3 cm³/mol. The number of carbonyl (C=O) groups is 1.